The van der Waals surface area contributed by atoms with E-state index in [1.807, 2.05) is 6.92 Å². The third kappa shape index (κ3) is 5.72. The Kier molecular flexibility index (Phi) is 7.10. The van der Waals surface area contributed by atoms with Gasteiger partial charge in [0.25, 0.3) is 0 Å². The standard InChI is InChI=1S/C23H25N3O4S/c1-3-18-5-4-6-20(15-18)25-22(27)16-24-23(28)19-11-13-26(14-12-19)31(29,30)21-9-7-17(2)8-10-21/h1,4-10,15,19H,11-14,16H2,2H3,(H,24,28)(H,25,27). The molecule has 0 aliphatic carbocycles. The van der Waals surface area contributed by atoms with Gasteiger partial charge in [-0.25, -0.2) is 8.42 Å². The van der Waals surface area contributed by atoms with Gasteiger partial charge in [-0.05, 0) is 50.1 Å². The maximum absolute atomic E-state index is 12.8. The van der Waals surface area contributed by atoms with Crippen molar-refractivity contribution < 1.29 is 18.0 Å². The number of hydrogen-bond donors (Lipinski definition) is 2. The molecule has 1 aliphatic heterocycles. The maximum Gasteiger partial charge on any atom is 0.243 e. The quantitative estimate of drug-likeness (QED) is 0.674. The molecular weight excluding hydrogens is 414 g/mol. The molecule has 0 bridgehead atoms. The minimum Gasteiger partial charge on any atom is -0.347 e. The van der Waals surface area contributed by atoms with Crippen LogP contribution in [-0.2, 0) is 19.6 Å². The zero-order chi connectivity index (χ0) is 22.4. The molecule has 3 rings (SSSR count). The smallest absolute Gasteiger partial charge is 0.243 e. The van der Waals surface area contributed by atoms with E-state index >= 15 is 0 Å². The first kappa shape index (κ1) is 22.5. The lowest BCUT2D eigenvalue weighted by Crippen LogP contribution is -2.44. The second-order valence-electron chi connectivity index (χ2n) is 7.48. The van der Waals surface area contributed by atoms with Crippen LogP contribution in [0.25, 0.3) is 0 Å². The Morgan fingerprint density at radius 1 is 1.13 bits per heavy atom. The Bertz CT molecular complexity index is 1100. The molecule has 2 amide bonds. The number of carbonyl (C=O) groups is 2. The van der Waals surface area contributed by atoms with Crippen molar-refractivity contribution in [2.45, 2.75) is 24.7 Å². The number of rotatable bonds is 6. The molecule has 1 heterocycles. The van der Waals surface area contributed by atoms with Gasteiger partial charge in [0.2, 0.25) is 21.8 Å². The van der Waals surface area contributed by atoms with Gasteiger partial charge in [0, 0.05) is 30.3 Å². The number of aryl methyl sites for hydroxylation is 1. The van der Waals surface area contributed by atoms with E-state index in [1.165, 1.54) is 4.31 Å². The monoisotopic (exact) mass is 439 g/mol. The molecule has 0 saturated carbocycles. The zero-order valence-corrected chi connectivity index (χ0v) is 18.1. The van der Waals surface area contributed by atoms with Gasteiger partial charge in [-0.15, -0.1) is 6.42 Å². The number of anilines is 1. The highest BCUT2D eigenvalue weighted by molar-refractivity contribution is 7.89. The topological polar surface area (TPSA) is 95.6 Å². The number of benzene rings is 2. The summed E-state index contributed by atoms with van der Waals surface area (Å²) in [6.45, 7) is 2.26. The summed E-state index contributed by atoms with van der Waals surface area (Å²) < 4.78 is 26.9. The lowest BCUT2D eigenvalue weighted by molar-refractivity contribution is -0.128. The van der Waals surface area contributed by atoms with Crippen LogP contribution in [0, 0.1) is 25.2 Å². The minimum atomic E-state index is -3.57. The number of terminal acetylenes is 1. The van der Waals surface area contributed by atoms with Gasteiger partial charge in [-0.1, -0.05) is 29.7 Å². The Morgan fingerprint density at radius 3 is 2.45 bits per heavy atom. The normalized spacial score (nSPS) is 15.1. The molecule has 0 spiro atoms. The zero-order valence-electron chi connectivity index (χ0n) is 17.3. The molecule has 1 saturated heterocycles. The number of sulfonamides is 1. The van der Waals surface area contributed by atoms with Crippen LogP contribution in [0.2, 0.25) is 0 Å². The summed E-state index contributed by atoms with van der Waals surface area (Å²) in [6.07, 6.45) is 6.16. The van der Waals surface area contributed by atoms with Crippen molar-refractivity contribution >= 4 is 27.5 Å². The highest BCUT2D eigenvalue weighted by Gasteiger charge is 2.32. The summed E-state index contributed by atoms with van der Waals surface area (Å²) in [5.74, 6) is 1.55. The number of carbonyl (C=O) groups excluding carboxylic acids is 2. The second kappa shape index (κ2) is 9.77. The lowest BCUT2D eigenvalue weighted by Gasteiger charge is -2.30. The average Bonchev–Trinajstić information content (AvgIpc) is 2.78. The van der Waals surface area contributed by atoms with E-state index in [2.05, 4.69) is 16.6 Å². The SMILES string of the molecule is C#Cc1cccc(NC(=O)CNC(=O)C2CCN(S(=O)(=O)c3ccc(C)cc3)CC2)c1. The van der Waals surface area contributed by atoms with Gasteiger partial charge in [-0.2, -0.15) is 4.31 Å². The van der Waals surface area contributed by atoms with Crippen LogP contribution in [-0.4, -0.2) is 44.2 Å². The Balaban J connectivity index is 1.48. The third-order valence-electron chi connectivity index (χ3n) is 5.22. The maximum atomic E-state index is 12.8. The van der Waals surface area contributed by atoms with Crippen molar-refractivity contribution in [2.24, 2.45) is 5.92 Å². The van der Waals surface area contributed by atoms with Gasteiger partial charge in [-0.3, -0.25) is 9.59 Å². The molecule has 1 aliphatic rings. The first-order chi connectivity index (χ1) is 14.8. The first-order valence-electron chi connectivity index (χ1n) is 10.0. The van der Waals surface area contributed by atoms with Crippen molar-refractivity contribution in [1.82, 2.24) is 9.62 Å². The molecule has 8 heteroatoms. The average molecular weight is 440 g/mol. The van der Waals surface area contributed by atoms with Crippen molar-refractivity contribution in [3.63, 3.8) is 0 Å². The lowest BCUT2D eigenvalue weighted by atomic mass is 9.97. The van der Waals surface area contributed by atoms with E-state index in [1.54, 1.807) is 48.5 Å². The van der Waals surface area contributed by atoms with E-state index in [4.69, 9.17) is 6.42 Å². The predicted molar refractivity (Wildman–Crippen MR) is 119 cm³/mol. The van der Waals surface area contributed by atoms with Crippen LogP contribution >= 0.6 is 0 Å². The first-order valence-corrected chi connectivity index (χ1v) is 11.4. The molecule has 162 valence electrons. The highest BCUT2D eigenvalue weighted by Crippen LogP contribution is 2.24. The molecule has 0 aromatic heterocycles. The molecule has 1 fully saturated rings. The second-order valence-corrected chi connectivity index (χ2v) is 9.42. The molecule has 0 atom stereocenters. The molecule has 7 nitrogen and oxygen atoms in total. The summed E-state index contributed by atoms with van der Waals surface area (Å²) >= 11 is 0. The van der Waals surface area contributed by atoms with Gasteiger partial charge in [0.1, 0.15) is 0 Å². The van der Waals surface area contributed by atoms with Crippen LogP contribution in [0.4, 0.5) is 5.69 Å². The molecule has 31 heavy (non-hydrogen) atoms. The third-order valence-corrected chi connectivity index (χ3v) is 7.13. The van der Waals surface area contributed by atoms with E-state index in [9.17, 15) is 18.0 Å². The number of amides is 2. The van der Waals surface area contributed by atoms with Crippen molar-refractivity contribution in [3.05, 3.63) is 59.7 Å². The molecule has 2 aromatic rings. The summed E-state index contributed by atoms with van der Waals surface area (Å²) in [4.78, 5) is 24.8. The summed E-state index contributed by atoms with van der Waals surface area (Å²) in [7, 11) is -3.57. The number of nitrogens with zero attached hydrogens (tertiary/aromatic N) is 1. The van der Waals surface area contributed by atoms with Gasteiger partial charge in [0.15, 0.2) is 0 Å². The van der Waals surface area contributed by atoms with Gasteiger partial charge >= 0.3 is 0 Å². The summed E-state index contributed by atoms with van der Waals surface area (Å²) in [6, 6.07) is 13.6. The van der Waals surface area contributed by atoms with Gasteiger partial charge < -0.3 is 10.6 Å². The highest BCUT2D eigenvalue weighted by atomic mass is 32.2. The van der Waals surface area contributed by atoms with E-state index in [0.717, 1.165) is 5.56 Å². The van der Waals surface area contributed by atoms with E-state index < -0.39 is 10.0 Å². The van der Waals surface area contributed by atoms with Crippen LogP contribution < -0.4 is 10.6 Å². The van der Waals surface area contributed by atoms with Crippen molar-refractivity contribution in [2.75, 3.05) is 25.0 Å². The number of piperidine rings is 1. The molecular formula is C23H25N3O4S. The predicted octanol–water partition coefficient (Wildman–Crippen LogP) is 2.13. The summed E-state index contributed by atoms with van der Waals surface area (Å²) in [5, 5.41) is 5.32. The molecule has 0 unspecified atom stereocenters. The minimum absolute atomic E-state index is 0.166. The molecule has 2 N–H and O–H groups in total. The fourth-order valence-electron chi connectivity index (χ4n) is 3.42. The van der Waals surface area contributed by atoms with Crippen LogP contribution in [0.5, 0.6) is 0 Å². The van der Waals surface area contributed by atoms with E-state index in [-0.39, 0.29) is 42.3 Å². The number of hydrogen-bond acceptors (Lipinski definition) is 4. The molecule has 2 aromatic carbocycles. The van der Waals surface area contributed by atoms with Crippen LogP contribution in [0.3, 0.4) is 0 Å². The van der Waals surface area contributed by atoms with Crippen LogP contribution in [0.1, 0.15) is 24.0 Å². The Hall–Kier alpha value is -3.15. The Labute approximate surface area is 182 Å². The van der Waals surface area contributed by atoms with E-state index in [0.29, 0.717) is 24.1 Å². The molecule has 0 radical (unpaired) electrons. The van der Waals surface area contributed by atoms with Crippen molar-refractivity contribution in [1.29, 1.82) is 0 Å². The largest absolute Gasteiger partial charge is 0.347 e. The fourth-order valence-corrected chi connectivity index (χ4v) is 4.89. The Morgan fingerprint density at radius 2 is 1.81 bits per heavy atom. The fraction of sp³-hybridized carbons (Fsp3) is 0.304. The van der Waals surface area contributed by atoms with Gasteiger partial charge in [0.05, 0.1) is 11.4 Å². The number of nitrogens with one attached hydrogen (secondary N) is 2. The van der Waals surface area contributed by atoms with Crippen molar-refractivity contribution in [3.8, 4) is 12.3 Å². The summed E-state index contributed by atoms with van der Waals surface area (Å²) in [5.41, 5.74) is 2.20. The van der Waals surface area contributed by atoms with Crippen LogP contribution in [0.15, 0.2) is 53.4 Å².